The monoisotopic (exact) mass is 556 g/mol. The number of unbranched alkanes of at least 4 members (excludes halogenated alkanes) is 13. The molecule has 0 aliphatic heterocycles. The van der Waals surface area contributed by atoms with Gasteiger partial charge < -0.3 is 27.9 Å². The molecule has 0 amide bonds. The maximum absolute atomic E-state index is 9.92. The number of benzene rings is 1. The van der Waals surface area contributed by atoms with Crippen LogP contribution in [0, 0.1) is 0 Å². The molecule has 1 N–H and O–H groups in total. The van der Waals surface area contributed by atoms with E-state index in [1.54, 1.807) is 7.11 Å². The maximum atomic E-state index is 9.92. The number of hydrogen-bond acceptors (Lipinski definition) is 5. The summed E-state index contributed by atoms with van der Waals surface area (Å²) < 4.78 is 22.9. The lowest BCUT2D eigenvalue weighted by atomic mass is 10.0. The zero-order valence-corrected chi connectivity index (χ0v) is 26.2. The molecule has 0 aliphatic carbocycles. The first-order valence-corrected chi connectivity index (χ1v) is 16.3. The predicted octanol–water partition coefficient (Wildman–Crippen LogP) is 8.06. The summed E-state index contributed by atoms with van der Waals surface area (Å²) >= 11 is 0. The Kier molecular flexibility index (Phi) is 21.4. The largest absolute Gasteiger partial charge is 0.491 e. The Labute approximate surface area is 236 Å². The van der Waals surface area contributed by atoms with Crippen molar-refractivity contribution in [3.63, 3.8) is 0 Å². The molecule has 0 bridgehead atoms. The Bertz CT molecular complexity index is 653. The highest BCUT2D eigenvalue weighted by molar-refractivity contribution is 7.40. The molecule has 0 fully saturated rings. The van der Waals surface area contributed by atoms with Crippen molar-refractivity contribution in [2.45, 2.75) is 109 Å². The number of aryl methyl sites for hydroxylation is 1. The van der Waals surface area contributed by atoms with E-state index in [9.17, 15) is 4.89 Å². The molecule has 0 aromatic heterocycles. The number of likely N-dealkylation sites (N-methyl/N-ethyl adjacent to an activating group) is 1. The van der Waals surface area contributed by atoms with Crippen LogP contribution in [-0.4, -0.2) is 70.1 Å². The Morgan fingerprint density at radius 3 is 1.76 bits per heavy atom. The van der Waals surface area contributed by atoms with E-state index in [1.165, 1.54) is 95.5 Å². The first kappa shape index (κ1) is 35.3. The minimum atomic E-state index is -1.90. The van der Waals surface area contributed by atoms with E-state index >= 15 is 0 Å². The van der Waals surface area contributed by atoms with Crippen LogP contribution >= 0.6 is 8.60 Å². The smallest absolute Gasteiger partial charge is 0.330 e. The molecule has 1 aromatic carbocycles. The van der Waals surface area contributed by atoms with Crippen LogP contribution < -0.4 is 4.74 Å². The average Bonchev–Trinajstić information content (AvgIpc) is 2.89. The third-order valence-corrected chi connectivity index (χ3v) is 7.62. The summed E-state index contributed by atoms with van der Waals surface area (Å²) in [5, 5.41) is 0. The van der Waals surface area contributed by atoms with Crippen molar-refractivity contribution >= 4 is 8.60 Å². The molecule has 0 heterocycles. The highest BCUT2D eigenvalue weighted by atomic mass is 31.2. The van der Waals surface area contributed by atoms with Gasteiger partial charge in [-0.05, 0) is 30.5 Å². The van der Waals surface area contributed by atoms with Crippen molar-refractivity contribution in [2.24, 2.45) is 0 Å². The van der Waals surface area contributed by atoms with Crippen LogP contribution in [0.15, 0.2) is 24.3 Å². The number of methoxy groups -OCH3 is 1. The third kappa shape index (κ3) is 21.1. The highest BCUT2D eigenvalue weighted by Gasteiger charge is 2.16. The molecule has 0 spiro atoms. The Balaban J connectivity index is 2.05. The number of hydrogen-bond donors (Lipinski definition) is 1. The normalized spacial score (nSPS) is 13.5. The molecule has 0 aliphatic rings. The Hall–Kier alpha value is -0.750. The Morgan fingerprint density at radius 1 is 0.737 bits per heavy atom. The van der Waals surface area contributed by atoms with Gasteiger partial charge in [-0.3, -0.25) is 0 Å². The molecule has 0 radical (unpaired) electrons. The summed E-state index contributed by atoms with van der Waals surface area (Å²) in [7, 11) is 5.95. The van der Waals surface area contributed by atoms with Gasteiger partial charge in [-0.1, -0.05) is 103 Å². The molecule has 1 rings (SSSR count). The van der Waals surface area contributed by atoms with Crippen LogP contribution in [0.3, 0.4) is 0 Å². The molecule has 2 unspecified atom stereocenters. The molecule has 38 heavy (non-hydrogen) atoms. The molecule has 7 heteroatoms. The lowest BCUT2D eigenvalue weighted by Crippen LogP contribution is -2.37. The third-order valence-electron chi connectivity index (χ3n) is 6.85. The molecular formula is C31H59NO5P+. The zero-order valence-electron chi connectivity index (χ0n) is 25.3. The van der Waals surface area contributed by atoms with E-state index in [-0.39, 0.29) is 12.7 Å². The summed E-state index contributed by atoms with van der Waals surface area (Å²) in [6, 6.07) is 8.37. The van der Waals surface area contributed by atoms with Gasteiger partial charge in [-0.2, -0.15) is 0 Å². The van der Waals surface area contributed by atoms with Gasteiger partial charge in [0.15, 0.2) is 0 Å². The number of nitrogens with zero attached hydrogens (tertiary/aromatic N) is 1. The van der Waals surface area contributed by atoms with Crippen LogP contribution in [-0.2, 0) is 20.2 Å². The summed E-state index contributed by atoms with van der Waals surface area (Å²) in [6.07, 6.45) is 20.3. The van der Waals surface area contributed by atoms with Crippen molar-refractivity contribution < 1.29 is 27.9 Å². The van der Waals surface area contributed by atoms with E-state index in [0.717, 1.165) is 23.2 Å². The van der Waals surface area contributed by atoms with E-state index in [1.807, 2.05) is 12.1 Å². The summed E-state index contributed by atoms with van der Waals surface area (Å²) in [4.78, 5) is 9.92. The SMILES string of the molecule is CCCCCCCCCCCCCCCCc1ccc(OCC(COP(O)OCC[N+](C)(C)C)OC)cc1. The van der Waals surface area contributed by atoms with Crippen molar-refractivity contribution in [1.82, 2.24) is 0 Å². The predicted molar refractivity (Wildman–Crippen MR) is 161 cm³/mol. The molecule has 6 nitrogen and oxygen atoms in total. The molecule has 0 saturated carbocycles. The van der Waals surface area contributed by atoms with Gasteiger partial charge in [-0.15, -0.1) is 0 Å². The number of rotatable bonds is 26. The van der Waals surface area contributed by atoms with Crippen LogP contribution in [0.25, 0.3) is 0 Å². The minimum Gasteiger partial charge on any atom is -0.491 e. The summed E-state index contributed by atoms with van der Waals surface area (Å²) in [5.74, 6) is 0.821. The lowest BCUT2D eigenvalue weighted by molar-refractivity contribution is -0.870. The van der Waals surface area contributed by atoms with Crippen LogP contribution in [0.5, 0.6) is 5.75 Å². The van der Waals surface area contributed by atoms with Crippen molar-refractivity contribution in [3.05, 3.63) is 29.8 Å². The van der Waals surface area contributed by atoms with E-state index in [4.69, 9.17) is 18.5 Å². The van der Waals surface area contributed by atoms with Gasteiger partial charge in [0.2, 0.25) is 0 Å². The van der Waals surface area contributed by atoms with Gasteiger partial charge in [0.1, 0.15) is 31.6 Å². The van der Waals surface area contributed by atoms with E-state index < -0.39 is 8.60 Å². The van der Waals surface area contributed by atoms with Crippen molar-refractivity contribution in [3.8, 4) is 5.75 Å². The van der Waals surface area contributed by atoms with Gasteiger partial charge in [-0.25, -0.2) is 0 Å². The van der Waals surface area contributed by atoms with Gasteiger partial charge in [0.25, 0.3) is 0 Å². The number of ether oxygens (including phenoxy) is 2. The van der Waals surface area contributed by atoms with Gasteiger partial charge in [0.05, 0.1) is 27.7 Å². The highest BCUT2D eigenvalue weighted by Crippen LogP contribution is 2.32. The van der Waals surface area contributed by atoms with E-state index in [0.29, 0.717) is 13.2 Å². The van der Waals surface area contributed by atoms with Crippen LogP contribution in [0.1, 0.15) is 102 Å². The van der Waals surface area contributed by atoms with Crippen molar-refractivity contribution in [1.29, 1.82) is 0 Å². The van der Waals surface area contributed by atoms with Gasteiger partial charge >= 0.3 is 8.60 Å². The standard InChI is InChI=1S/C31H59NO5P/c1-6-7-8-9-10-11-12-13-14-15-16-17-18-19-20-29-21-23-30(24-22-29)35-27-31(34-5)28-37-38(33)36-26-25-32(2,3)4/h21-24,31,33H,6-20,25-28H2,1-5H3/q+1. The maximum Gasteiger partial charge on any atom is 0.330 e. The fourth-order valence-electron chi connectivity index (χ4n) is 4.23. The van der Waals surface area contributed by atoms with E-state index in [2.05, 4.69) is 40.2 Å². The first-order valence-electron chi connectivity index (χ1n) is 15.1. The number of quaternary nitrogens is 1. The molecule has 1 aromatic rings. The summed E-state index contributed by atoms with van der Waals surface area (Å²) in [6.45, 7) is 4.12. The molecule has 0 saturated heterocycles. The van der Waals surface area contributed by atoms with Crippen molar-refractivity contribution in [2.75, 3.05) is 54.6 Å². The lowest BCUT2D eigenvalue weighted by Gasteiger charge is -2.24. The molecular weight excluding hydrogens is 497 g/mol. The second kappa shape index (κ2) is 23.0. The van der Waals surface area contributed by atoms with Gasteiger partial charge in [0, 0.05) is 7.11 Å². The topological polar surface area (TPSA) is 57.2 Å². The summed E-state index contributed by atoms with van der Waals surface area (Å²) in [5.41, 5.74) is 1.36. The Morgan fingerprint density at radius 2 is 1.26 bits per heavy atom. The first-order chi connectivity index (χ1) is 18.3. The minimum absolute atomic E-state index is 0.223. The second-order valence-electron chi connectivity index (χ2n) is 11.5. The molecule has 2 atom stereocenters. The van der Waals surface area contributed by atoms with Crippen LogP contribution in [0.2, 0.25) is 0 Å². The zero-order chi connectivity index (χ0) is 27.9. The average molecular weight is 557 g/mol. The van der Waals surface area contributed by atoms with Crippen LogP contribution in [0.4, 0.5) is 0 Å². The molecule has 222 valence electrons. The fraction of sp³-hybridized carbons (Fsp3) is 0.806. The second-order valence-corrected chi connectivity index (χ2v) is 12.5. The quantitative estimate of drug-likeness (QED) is 0.0710. The fourth-order valence-corrected chi connectivity index (χ4v) is 4.83.